The molecule has 0 aliphatic heterocycles. The Labute approximate surface area is 111 Å². The molecular formula is C16H25NO. The number of nitrogens with zero attached hydrogens (tertiary/aromatic N) is 1. The van der Waals surface area contributed by atoms with Crippen LogP contribution in [0.1, 0.15) is 58.3 Å². The minimum Gasteiger partial charge on any atom is -0.300 e. The summed E-state index contributed by atoms with van der Waals surface area (Å²) in [5, 5.41) is 0. The molecule has 0 atom stereocenters. The van der Waals surface area contributed by atoms with Crippen LogP contribution in [0.3, 0.4) is 0 Å². The fraction of sp³-hybridized carbons (Fsp3) is 0.625. The van der Waals surface area contributed by atoms with Gasteiger partial charge in [-0.2, -0.15) is 0 Å². The van der Waals surface area contributed by atoms with Gasteiger partial charge in [0.1, 0.15) is 5.78 Å². The fourth-order valence-corrected chi connectivity index (χ4v) is 2.58. The third kappa shape index (κ3) is 4.25. The summed E-state index contributed by atoms with van der Waals surface area (Å²) in [5.41, 5.74) is 2.20. The summed E-state index contributed by atoms with van der Waals surface area (Å²) in [6.07, 6.45) is 1.34. The van der Waals surface area contributed by atoms with Crippen LogP contribution in [0.4, 0.5) is 0 Å². The number of carbonyl (C=O) groups is 1. The van der Waals surface area contributed by atoms with Crippen LogP contribution in [0, 0.1) is 11.8 Å². The maximum absolute atomic E-state index is 11.0. The highest BCUT2D eigenvalue weighted by Gasteiger charge is 2.20. The topological polar surface area (TPSA) is 30.0 Å². The lowest BCUT2D eigenvalue weighted by molar-refractivity contribution is -0.116. The third-order valence-electron chi connectivity index (χ3n) is 3.34. The highest BCUT2D eigenvalue weighted by molar-refractivity contribution is 5.75. The van der Waals surface area contributed by atoms with Gasteiger partial charge in [0.15, 0.2) is 0 Å². The summed E-state index contributed by atoms with van der Waals surface area (Å²) in [5.74, 6) is 1.88. The molecule has 18 heavy (non-hydrogen) atoms. The molecule has 0 N–H and O–H groups in total. The zero-order valence-corrected chi connectivity index (χ0v) is 12.2. The molecule has 2 heteroatoms. The number of pyridine rings is 1. The quantitative estimate of drug-likeness (QED) is 0.760. The summed E-state index contributed by atoms with van der Waals surface area (Å²) in [6, 6.07) is 6.20. The van der Waals surface area contributed by atoms with E-state index in [1.54, 1.807) is 6.92 Å². The smallest absolute Gasteiger partial charge is 0.130 e. The molecule has 1 aromatic heterocycles. The number of aromatic nitrogens is 1. The molecule has 0 saturated carbocycles. The molecule has 1 aromatic rings. The molecule has 0 bridgehead atoms. The maximum Gasteiger partial charge on any atom is 0.130 e. The average Bonchev–Trinajstić information content (AvgIpc) is 2.26. The number of hydrogen-bond donors (Lipinski definition) is 0. The van der Waals surface area contributed by atoms with Crippen molar-refractivity contribution in [2.24, 2.45) is 11.8 Å². The Hall–Kier alpha value is -1.18. The molecule has 0 radical (unpaired) electrons. The fourth-order valence-electron chi connectivity index (χ4n) is 2.58. The molecule has 0 aromatic carbocycles. The van der Waals surface area contributed by atoms with Gasteiger partial charge >= 0.3 is 0 Å². The van der Waals surface area contributed by atoms with Crippen molar-refractivity contribution in [3.05, 3.63) is 29.6 Å². The van der Waals surface area contributed by atoms with E-state index < -0.39 is 0 Å². The van der Waals surface area contributed by atoms with Crippen molar-refractivity contribution >= 4 is 5.78 Å². The highest BCUT2D eigenvalue weighted by Crippen LogP contribution is 2.30. The van der Waals surface area contributed by atoms with Crippen molar-refractivity contribution in [1.29, 1.82) is 0 Å². The second-order valence-electron chi connectivity index (χ2n) is 5.77. The number of hydrogen-bond acceptors (Lipinski definition) is 2. The molecule has 0 saturated heterocycles. The first kappa shape index (κ1) is 14.9. The SMILES string of the molecule is CC(=O)CCc1cccc(C(C(C)C)C(C)C)n1. The van der Waals surface area contributed by atoms with E-state index >= 15 is 0 Å². The van der Waals surface area contributed by atoms with Crippen molar-refractivity contribution in [3.63, 3.8) is 0 Å². The van der Waals surface area contributed by atoms with Gasteiger partial charge in [0.25, 0.3) is 0 Å². The molecule has 0 spiro atoms. The van der Waals surface area contributed by atoms with Gasteiger partial charge < -0.3 is 4.79 Å². The van der Waals surface area contributed by atoms with Crippen molar-refractivity contribution in [3.8, 4) is 0 Å². The zero-order chi connectivity index (χ0) is 13.7. The second kappa shape index (κ2) is 6.67. The van der Waals surface area contributed by atoms with Crippen LogP contribution in [0.5, 0.6) is 0 Å². The molecule has 0 aliphatic rings. The second-order valence-corrected chi connectivity index (χ2v) is 5.77. The van der Waals surface area contributed by atoms with Crippen molar-refractivity contribution in [2.45, 2.75) is 53.4 Å². The summed E-state index contributed by atoms with van der Waals surface area (Å²) in [4.78, 5) is 15.8. The van der Waals surface area contributed by atoms with Crippen LogP contribution in [-0.2, 0) is 11.2 Å². The summed E-state index contributed by atoms with van der Waals surface area (Å²) < 4.78 is 0. The van der Waals surface area contributed by atoms with E-state index in [1.807, 2.05) is 6.07 Å². The number of aryl methyl sites for hydroxylation is 1. The first-order chi connectivity index (χ1) is 8.41. The molecule has 2 nitrogen and oxygen atoms in total. The molecule has 0 fully saturated rings. The lowest BCUT2D eigenvalue weighted by Crippen LogP contribution is -2.15. The Morgan fingerprint density at radius 2 is 1.78 bits per heavy atom. The molecular weight excluding hydrogens is 222 g/mol. The Kier molecular flexibility index (Phi) is 5.52. The van der Waals surface area contributed by atoms with E-state index in [1.165, 1.54) is 5.69 Å². The van der Waals surface area contributed by atoms with Gasteiger partial charge in [-0.3, -0.25) is 4.98 Å². The maximum atomic E-state index is 11.0. The van der Waals surface area contributed by atoms with E-state index in [0.29, 0.717) is 24.2 Å². The molecule has 1 heterocycles. The van der Waals surface area contributed by atoms with Crippen LogP contribution in [0.15, 0.2) is 18.2 Å². The van der Waals surface area contributed by atoms with E-state index in [4.69, 9.17) is 4.98 Å². The van der Waals surface area contributed by atoms with Crippen LogP contribution in [0.25, 0.3) is 0 Å². The summed E-state index contributed by atoms with van der Waals surface area (Å²) >= 11 is 0. The molecule has 100 valence electrons. The van der Waals surface area contributed by atoms with Crippen molar-refractivity contribution < 1.29 is 4.79 Å². The summed E-state index contributed by atoms with van der Waals surface area (Å²) in [7, 11) is 0. The van der Waals surface area contributed by atoms with Crippen LogP contribution < -0.4 is 0 Å². The largest absolute Gasteiger partial charge is 0.300 e. The van der Waals surface area contributed by atoms with E-state index in [9.17, 15) is 4.79 Å². The van der Waals surface area contributed by atoms with Crippen molar-refractivity contribution in [2.75, 3.05) is 0 Å². The number of carbonyl (C=O) groups excluding carboxylic acids is 1. The van der Waals surface area contributed by atoms with Gasteiger partial charge in [-0.25, -0.2) is 0 Å². The Morgan fingerprint density at radius 3 is 2.28 bits per heavy atom. The predicted molar refractivity (Wildman–Crippen MR) is 75.7 cm³/mol. The van der Waals surface area contributed by atoms with Gasteiger partial charge in [0, 0.05) is 23.7 Å². The van der Waals surface area contributed by atoms with E-state index in [2.05, 4.69) is 39.8 Å². The van der Waals surface area contributed by atoms with E-state index in [0.717, 1.165) is 12.1 Å². The van der Waals surface area contributed by atoms with Crippen LogP contribution in [0.2, 0.25) is 0 Å². The molecule has 0 aliphatic carbocycles. The van der Waals surface area contributed by atoms with Gasteiger partial charge in [-0.05, 0) is 37.3 Å². The molecule has 0 amide bonds. The van der Waals surface area contributed by atoms with E-state index in [-0.39, 0.29) is 5.78 Å². The Morgan fingerprint density at radius 1 is 1.17 bits per heavy atom. The first-order valence-electron chi connectivity index (χ1n) is 6.87. The highest BCUT2D eigenvalue weighted by atomic mass is 16.1. The molecule has 0 unspecified atom stereocenters. The number of Topliss-reactive ketones (excluding diaryl/α,β-unsaturated/α-hetero) is 1. The van der Waals surface area contributed by atoms with Gasteiger partial charge in [-0.15, -0.1) is 0 Å². The normalized spacial score (nSPS) is 11.6. The van der Waals surface area contributed by atoms with Crippen LogP contribution in [-0.4, -0.2) is 10.8 Å². The number of rotatable bonds is 6. The predicted octanol–water partition coefficient (Wildman–Crippen LogP) is 4.00. The zero-order valence-electron chi connectivity index (χ0n) is 12.2. The first-order valence-corrected chi connectivity index (χ1v) is 6.87. The lowest BCUT2D eigenvalue weighted by atomic mass is 9.82. The third-order valence-corrected chi connectivity index (χ3v) is 3.34. The Bertz CT molecular complexity index is 388. The van der Waals surface area contributed by atoms with Crippen molar-refractivity contribution in [1.82, 2.24) is 4.98 Å². The average molecular weight is 247 g/mol. The standard InChI is InChI=1S/C16H25NO/c1-11(2)16(12(3)4)15-8-6-7-14(17-15)10-9-13(5)18/h6-8,11-12,16H,9-10H2,1-5H3. The van der Waals surface area contributed by atoms with Gasteiger partial charge in [-0.1, -0.05) is 33.8 Å². The lowest BCUT2D eigenvalue weighted by Gasteiger charge is -2.24. The number of ketones is 1. The van der Waals surface area contributed by atoms with Gasteiger partial charge in [0.05, 0.1) is 0 Å². The van der Waals surface area contributed by atoms with Gasteiger partial charge in [0.2, 0.25) is 0 Å². The minimum absolute atomic E-state index is 0.228. The Balaban J connectivity index is 2.89. The molecule has 1 rings (SSSR count). The minimum atomic E-state index is 0.228. The monoisotopic (exact) mass is 247 g/mol. The van der Waals surface area contributed by atoms with Crippen LogP contribution >= 0.6 is 0 Å². The summed E-state index contributed by atoms with van der Waals surface area (Å²) in [6.45, 7) is 10.6.